The molecule has 5 aromatic rings. The summed E-state index contributed by atoms with van der Waals surface area (Å²) in [7, 11) is 1.92. The zero-order valence-electron chi connectivity index (χ0n) is 38.4. The number of thioether (sulfide) groups is 2. The third-order valence-corrected chi connectivity index (χ3v) is 16.4. The van der Waals surface area contributed by atoms with Gasteiger partial charge in [-0.2, -0.15) is 9.36 Å². The molecule has 9 rings (SSSR count). The lowest BCUT2D eigenvalue weighted by atomic mass is 9.93. The summed E-state index contributed by atoms with van der Waals surface area (Å²) in [6.45, 7) is 4.83. The molecule has 0 radical (unpaired) electrons. The summed E-state index contributed by atoms with van der Waals surface area (Å²) in [4.78, 5) is 86.4. The third kappa shape index (κ3) is 10.0. The predicted molar refractivity (Wildman–Crippen MR) is 263 cm³/mol. The smallest absolute Gasteiger partial charge is 0.355 e. The number of oxime groups is 1. The number of hydrogen-bond donors (Lipinski definition) is 3. The molecule has 2 saturated heterocycles. The zero-order chi connectivity index (χ0) is 49.2. The normalized spacial score (nSPS) is 19.2. The molecule has 1 unspecified atom stereocenters. The van der Waals surface area contributed by atoms with Crippen molar-refractivity contribution in [2.24, 2.45) is 12.2 Å². The summed E-state index contributed by atoms with van der Waals surface area (Å²) in [5, 5.41) is 18.2. The number of nitrogens with two attached hydrogens (primary N) is 1. The van der Waals surface area contributed by atoms with Gasteiger partial charge in [0.05, 0.1) is 36.2 Å². The van der Waals surface area contributed by atoms with E-state index in [-0.39, 0.29) is 59.2 Å². The Labute approximate surface area is 417 Å². The fourth-order valence-electron chi connectivity index (χ4n) is 8.79. The van der Waals surface area contributed by atoms with Crippen LogP contribution in [0.1, 0.15) is 80.2 Å². The monoisotopic (exact) mass is 1030 g/mol. The maximum atomic E-state index is 15.9. The molecule has 1 aromatic carbocycles. The van der Waals surface area contributed by atoms with Gasteiger partial charge in [0.1, 0.15) is 42.1 Å². The number of fused-ring (bicyclic) bond motifs is 1. The number of aryl methyl sites for hydroxylation is 2. The Morgan fingerprint density at radius 2 is 1.81 bits per heavy atom. The average molecular weight is 1030 g/mol. The van der Waals surface area contributed by atoms with Crippen LogP contribution in [0.25, 0.3) is 22.2 Å². The van der Waals surface area contributed by atoms with Crippen LogP contribution in [-0.2, 0) is 42.2 Å². The number of unbranched alkanes of at least 4 members (excludes halogenated alkanes) is 2. The van der Waals surface area contributed by atoms with Gasteiger partial charge < -0.3 is 39.9 Å². The fourth-order valence-corrected chi connectivity index (χ4v) is 12.7. The number of thiazole rings is 1. The van der Waals surface area contributed by atoms with E-state index in [1.54, 1.807) is 6.92 Å². The van der Waals surface area contributed by atoms with Crippen molar-refractivity contribution < 1.29 is 47.6 Å². The molecule has 0 bridgehead atoms. The molecule has 4 N–H and O–H groups in total. The Morgan fingerprint density at radius 3 is 2.53 bits per heavy atom. The van der Waals surface area contributed by atoms with Crippen LogP contribution < -0.4 is 25.9 Å². The molecule has 70 heavy (non-hydrogen) atoms. The van der Waals surface area contributed by atoms with Crippen molar-refractivity contribution in [1.29, 1.82) is 0 Å². The van der Waals surface area contributed by atoms with Gasteiger partial charge in [-0.15, -0.1) is 23.1 Å². The number of benzene rings is 1. The molecule has 19 nitrogen and oxygen atoms in total. The van der Waals surface area contributed by atoms with E-state index >= 15 is 4.39 Å². The van der Waals surface area contributed by atoms with Crippen LogP contribution in [0.2, 0.25) is 0 Å². The van der Waals surface area contributed by atoms with Crippen molar-refractivity contribution in [2.45, 2.75) is 86.7 Å². The van der Waals surface area contributed by atoms with Crippen LogP contribution in [0.3, 0.4) is 0 Å². The number of aliphatic hydroxyl groups excluding tert-OH is 1. The summed E-state index contributed by atoms with van der Waals surface area (Å²) in [6, 6.07) is 4.06. The molecule has 0 saturated carbocycles. The second-order valence-electron chi connectivity index (χ2n) is 17.1. The number of carbonyl (C=O) groups excluding carboxylic acids is 4. The van der Waals surface area contributed by atoms with Crippen LogP contribution in [0, 0.1) is 5.82 Å². The van der Waals surface area contributed by atoms with Gasteiger partial charge in [0.25, 0.3) is 11.8 Å². The van der Waals surface area contributed by atoms with E-state index in [4.69, 9.17) is 25.0 Å². The van der Waals surface area contributed by atoms with Crippen molar-refractivity contribution in [2.75, 3.05) is 49.3 Å². The molecular weight excluding hydrogens is 984 g/mol. The first-order chi connectivity index (χ1) is 33.8. The molecule has 2 fully saturated rings. The molecule has 0 spiro atoms. The maximum absolute atomic E-state index is 15.9. The van der Waals surface area contributed by atoms with E-state index in [9.17, 15) is 29.1 Å². The van der Waals surface area contributed by atoms with Gasteiger partial charge in [-0.05, 0) is 64.9 Å². The minimum Gasteiger partial charge on any atom is -0.462 e. The van der Waals surface area contributed by atoms with Crippen molar-refractivity contribution in [3.8, 4) is 11.3 Å². The number of piperidine rings is 1. The van der Waals surface area contributed by atoms with E-state index < -0.39 is 52.5 Å². The van der Waals surface area contributed by atoms with Crippen LogP contribution in [0.15, 0.2) is 67.1 Å². The predicted octanol–water partition coefficient (Wildman–Crippen LogP) is 4.71. The second-order valence-corrected chi connectivity index (χ2v) is 21.2. The average Bonchev–Trinajstić information content (AvgIpc) is 4.01. The Hall–Kier alpha value is -5.95. The number of amides is 2. The van der Waals surface area contributed by atoms with Gasteiger partial charge in [-0.3, -0.25) is 19.3 Å². The minimum atomic E-state index is -1.02. The van der Waals surface area contributed by atoms with Gasteiger partial charge in [0, 0.05) is 81.5 Å². The van der Waals surface area contributed by atoms with Crippen LogP contribution in [0.4, 0.5) is 15.2 Å². The number of halogens is 1. The maximum Gasteiger partial charge on any atom is 0.355 e. The third-order valence-electron chi connectivity index (χ3n) is 12.4. The quantitative estimate of drug-likeness (QED) is 0.0286. The summed E-state index contributed by atoms with van der Waals surface area (Å²) >= 11 is 4.92. The molecule has 8 heterocycles. The second kappa shape index (κ2) is 21.2. The first-order valence-corrected chi connectivity index (χ1v) is 26.4. The topological polar surface area (TPSA) is 238 Å². The Bertz CT molecular complexity index is 2970. The molecule has 3 atom stereocenters. The van der Waals surface area contributed by atoms with Crippen LogP contribution >= 0.6 is 46.4 Å². The molecule has 4 aliphatic rings. The Morgan fingerprint density at radius 1 is 1.07 bits per heavy atom. The number of ether oxygens (including phenoxy) is 2. The van der Waals surface area contributed by atoms with Crippen molar-refractivity contribution >= 4 is 97.6 Å². The van der Waals surface area contributed by atoms with Crippen molar-refractivity contribution in [3.05, 3.63) is 85.8 Å². The SMILES string of the molecule is CCO/N=C(/C(=O)N[C@@H]1C(=O)N2C(C(=O)OCCCCCOC(=O)c3cn4c5c(c(N6CCC(O)CC6)c(F)cc5c3=O)CCC4C)=C(Sc3nc(-c4cc[n+](C)cc4)cs3)CS[C@H]12)c1nsc(N)n1. The number of β-lactam (4-membered cyclic amide) rings is 1. The number of anilines is 2. The van der Waals surface area contributed by atoms with Crippen molar-refractivity contribution in [1.82, 2.24) is 29.1 Å². The summed E-state index contributed by atoms with van der Waals surface area (Å²) < 4.78 is 35.7. The van der Waals surface area contributed by atoms with E-state index in [2.05, 4.69) is 19.8 Å². The van der Waals surface area contributed by atoms with Gasteiger partial charge in [0.2, 0.25) is 17.0 Å². The number of rotatable bonds is 17. The lowest BCUT2D eigenvalue weighted by molar-refractivity contribution is -0.671. The van der Waals surface area contributed by atoms with Crippen LogP contribution in [-0.4, -0.2) is 115 Å². The van der Waals surface area contributed by atoms with Crippen molar-refractivity contribution in [3.63, 3.8) is 0 Å². The first kappa shape index (κ1) is 49.0. The molecule has 4 aromatic heterocycles. The van der Waals surface area contributed by atoms with E-state index in [0.29, 0.717) is 84.2 Å². The lowest BCUT2D eigenvalue weighted by Gasteiger charge is -2.49. The highest BCUT2D eigenvalue weighted by molar-refractivity contribution is 8.07. The van der Waals surface area contributed by atoms with Gasteiger partial charge in [-0.25, -0.2) is 23.5 Å². The number of aliphatic hydroxyl groups is 1. The van der Waals surface area contributed by atoms with E-state index in [1.807, 2.05) is 57.9 Å². The highest BCUT2D eigenvalue weighted by Crippen LogP contribution is 2.46. The Kier molecular flexibility index (Phi) is 14.8. The van der Waals surface area contributed by atoms with E-state index in [1.165, 1.54) is 52.0 Å². The van der Waals surface area contributed by atoms with Gasteiger partial charge >= 0.3 is 11.9 Å². The molecule has 368 valence electrons. The summed E-state index contributed by atoms with van der Waals surface area (Å²) in [6.07, 6.45) is 8.56. The molecular formula is C46H50FN10O9S4+. The largest absolute Gasteiger partial charge is 0.462 e. The van der Waals surface area contributed by atoms with E-state index in [0.717, 1.165) is 28.4 Å². The number of nitrogens with one attached hydrogen (secondary N) is 1. The fraction of sp³-hybridized carbons (Fsp3) is 0.435. The molecule has 2 amide bonds. The first-order valence-electron chi connectivity index (χ1n) is 22.9. The Balaban J connectivity index is 0.842. The molecule has 24 heteroatoms. The number of esters is 2. The standard InChI is InChI=1S/C46H49FN10O9S4/c1-4-66-52-33(39-51-45(48)70-53-39)40(60)50-34-41(61)57-37(32(23-67-42(34)57)69-46-49-31(22-68-46)25-10-14-54(3)15-11-25)44(63)65-19-7-5-6-18-64-43(62)29-21-56-24(2)8-9-27-35(56)28(38(29)59)20-30(47)36(27)55-16-12-26(58)13-17-55/h10-11,14-15,20-22,24,26,34,42,58H,4-9,12-13,16-19,23H2,1-3H3,(H2-,48,50,51,53,60)/p+1/b52-33+/t24?,34-,42-/m1/s1. The number of pyridine rings is 2. The van der Waals surface area contributed by atoms with Crippen LogP contribution in [0.5, 0.6) is 0 Å². The van der Waals surface area contributed by atoms with Gasteiger partial charge in [0.15, 0.2) is 21.9 Å². The summed E-state index contributed by atoms with van der Waals surface area (Å²) in [5.41, 5.74) is 8.29. The lowest BCUT2D eigenvalue weighted by Crippen LogP contribution is -2.71. The molecule has 0 aliphatic carbocycles. The summed E-state index contributed by atoms with van der Waals surface area (Å²) in [5.74, 6) is -3.08. The highest BCUT2D eigenvalue weighted by atomic mass is 32.2. The number of nitrogen functional groups attached to an aromatic ring is 1. The molecule has 4 aliphatic heterocycles. The highest BCUT2D eigenvalue weighted by Gasteiger charge is 2.55. The number of aromatic nitrogens is 5. The zero-order valence-corrected chi connectivity index (χ0v) is 41.7. The number of hydrogen-bond acceptors (Lipinski definition) is 19. The number of carbonyl (C=O) groups is 4. The minimum absolute atomic E-state index is 0.0107. The number of nitrogens with zero attached hydrogens (tertiary/aromatic N) is 8. The van der Waals surface area contributed by atoms with Gasteiger partial charge in [-0.1, -0.05) is 16.9 Å².